The van der Waals surface area contributed by atoms with Gasteiger partial charge in [0.15, 0.2) is 5.78 Å². The number of hydrogen-bond acceptors (Lipinski definition) is 4. The first-order chi connectivity index (χ1) is 17.1. The summed E-state index contributed by atoms with van der Waals surface area (Å²) in [6, 6.07) is 4.58. The van der Waals surface area contributed by atoms with Crippen molar-refractivity contribution >= 4 is 16.7 Å². The van der Waals surface area contributed by atoms with Crippen LogP contribution in [0.1, 0.15) is 71.6 Å². The van der Waals surface area contributed by atoms with E-state index in [2.05, 4.69) is 12.0 Å². The van der Waals surface area contributed by atoms with E-state index < -0.39 is 5.60 Å². The SMILES string of the molecule is COC[C@]12CC[C@@](C)(O)C[C@H]1CC[C@H]1[C@@H]3CC[C@H](C(=O)Cn4cc5cc(F)ccc5n4)[C@@]3(C)CC[C@@H]12. The number of aromatic nitrogens is 2. The molecular weight excluding hydrogens is 455 g/mol. The Balaban J connectivity index is 1.22. The highest BCUT2D eigenvalue weighted by molar-refractivity contribution is 5.83. The maximum Gasteiger partial charge on any atom is 0.157 e. The third-order valence-corrected chi connectivity index (χ3v) is 11.3. The van der Waals surface area contributed by atoms with Gasteiger partial charge in [0.2, 0.25) is 0 Å². The predicted molar refractivity (Wildman–Crippen MR) is 137 cm³/mol. The molecule has 1 N–H and O–H groups in total. The van der Waals surface area contributed by atoms with Crippen molar-refractivity contribution in [1.29, 1.82) is 0 Å². The molecule has 4 fully saturated rings. The average Bonchev–Trinajstić information content (AvgIpc) is 3.38. The summed E-state index contributed by atoms with van der Waals surface area (Å²) >= 11 is 0. The zero-order chi connectivity index (χ0) is 25.3. The van der Waals surface area contributed by atoms with Gasteiger partial charge in [-0.25, -0.2) is 4.39 Å². The Morgan fingerprint density at radius 3 is 2.78 bits per heavy atom. The zero-order valence-corrected chi connectivity index (χ0v) is 22.0. The van der Waals surface area contributed by atoms with E-state index in [1.807, 2.05) is 14.0 Å². The first kappa shape index (κ1) is 24.5. The number of hydrogen-bond donors (Lipinski definition) is 1. The molecule has 8 atom stereocenters. The Bertz CT molecular complexity index is 1160. The highest BCUT2D eigenvalue weighted by atomic mass is 19.1. The number of carbonyl (C=O) groups is 1. The molecule has 0 saturated heterocycles. The molecular formula is C30H41FN2O3. The molecule has 0 radical (unpaired) electrons. The Kier molecular flexibility index (Phi) is 5.88. The van der Waals surface area contributed by atoms with Crippen molar-refractivity contribution in [3.05, 3.63) is 30.2 Å². The van der Waals surface area contributed by atoms with Crippen molar-refractivity contribution in [1.82, 2.24) is 9.78 Å². The number of fused-ring (bicyclic) bond motifs is 6. The van der Waals surface area contributed by atoms with E-state index in [1.165, 1.54) is 25.0 Å². The van der Waals surface area contributed by atoms with E-state index in [4.69, 9.17) is 4.74 Å². The predicted octanol–water partition coefficient (Wildman–Crippen LogP) is 5.78. The van der Waals surface area contributed by atoms with Crippen LogP contribution in [0.5, 0.6) is 0 Å². The van der Waals surface area contributed by atoms with Gasteiger partial charge in [-0.05, 0) is 117 Å². The van der Waals surface area contributed by atoms with Gasteiger partial charge in [0.1, 0.15) is 5.82 Å². The Morgan fingerprint density at radius 2 is 1.97 bits per heavy atom. The molecule has 4 aliphatic carbocycles. The van der Waals surface area contributed by atoms with Crippen LogP contribution in [0.25, 0.3) is 10.9 Å². The maximum atomic E-state index is 13.7. The molecule has 4 saturated carbocycles. The van der Waals surface area contributed by atoms with E-state index in [0.717, 1.165) is 62.5 Å². The molecule has 1 aromatic heterocycles. The third kappa shape index (κ3) is 3.77. The van der Waals surface area contributed by atoms with E-state index in [1.54, 1.807) is 16.9 Å². The minimum Gasteiger partial charge on any atom is -0.390 e. The van der Waals surface area contributed by atoms with Gasteiger partial charge in [0, 0.05) is 24.6 Å². The lowest BCUT2D eigenvalue weighted by Gasteiger charge is -2.62. The number of ketones is 1. The molecule has 6 rings (SSSR count). The second-order valence-electron chi connectivity index (χ2n) is 13.2. The summed E-state index contributed by atoms with van der Waals surface area (Å²) < 4.78 is 21.2. The molecule has 0 unspecified atom stereocenters. The number of halogens is 1. The molecule has 2 aromatic rings. The molecule has 0 amide bonds. The van der Waals surface area contributed by atoms with Gasteiger partial charge < -0.3 is 9.84 Å². The van der Waals surface area contributed by atoms with Gasteiger partial charge in [-0.1, -0.05) is 6.92 Å². The first-order valence-electron chi connectivity index (χ1n) is 14.0. The summed E-state index contributed by atoms with van der Waals surface area (Å²) in [5.74, 6) is 2.45. The molecule has 0 bridgehead atoms. The van der Waals surface area contributed by atoms with Crippen molar-refractivity contribution in [2.45, 2.75) is 83.8 Å². The number of carbonyl (C=O) groups excluding carboxylic acids is 1. The molecule has 1 aromatic carbocycles. The van der Waals surface area contributed by atoms with Gasteiger partial charge >= 0.3 is 0 Å². The molecule has 4 aliphatic rings. The Hall–Kier alpha value is -1.79. The molecule has 196 valence electrons. The minimum absolute atomic E-state index is 0.0399. The van der Waals surface area contributed by atoms with E-state index in [9.17, 15) is 14.3 Å². The number of nitrogens with zero attached hydrogens (tertiary/aromatic N) is 2. The average molecular weight is 497 g/mol. The lowest BCUT2D eigenvalue weighted by molar-refractivity contribution is -0.175. The van der Waals surface area contributed by atoms with Crippen LogP contribution in [-0.4, -0.2) is 40.0 Å². The van der Waals surface area contributed by atoms with Crippen LogP contribution in [0.4, 0.5) is 4.39 Å². The first-order valence-corrected chi connectivity index (χ1v) is 14.0. The molecule has 1 heterocycles. The van der Waals surface area contributed by atoms with Gasteiger partial charge in [-0.3, -0.25) is 9.48 Å². The summed E-state index contributed by atoms with van der Waals surface area (Å²) in [7, 11) is 1.84. The van der Waals surface area contributed by atoms with E-state index >= 15 is 0 Å². The lowest BCUT2D eigenvalue weighted by atomic mass is 9.43. The van der Waals surface area contributed by atoms with Crippen LogP contribution in [0.3, 0.4) is 0 Å². The van der Waals surface area contributed by atoms with Gasteiger partial charge in [-0.2, -0.15) is 5.10 Å². The Morgan fingerprint density at radius 1 is 1.14 bits per heavy atom. The molecule has 36 heavy (non-hydrogen) atoms. The quantitative estimate of drug-likeness (QED) is 0.570. The maximum absolute atomic E-state index is 13.7. The largest absolute Gasteiger partial charge is 0.390 e. The highest BCUT2D eigenvalue weighted by Crippen LogP contribution is 2.68. The number of benzene rings is 1. The molecule has 5 nitrogen and oxygen atoms in total. The summed E-state index contributed by atoms with van der Waals surface area (Å²) in [4.78, 5) is 13.7. The normalized spacial score (nSPS) is 42.1. The fourth-order valence-corrected chi connectivity index (χ4v) is 9.71. The van der Waals surface area contributed by atoms with Crippen LogP contribution in [0.2, 0.25) is 0 Å². The number of methoxy groups -OCH3 is 1. The van der Waals surface area contributed by atoms with Gasteiger partial charge in [0.05, 0.1) is 24.3 Å². The van der Waals surface area contributed by atoms with E-state index in [0.29, 0.717) is 23.7 Å². The summed E-state index contributed by atoms with van der Waals surface area (Å²) in [6.45, 7) is 5.47. The van der Waals surface area contributed by atoms with Crippen molar-refractivity contribution in [2.75, 3.05) is 13.7 Å². The van der Waals surface area contributed by atoms with Crippen molar-refractivity contribution < 1.29 is 19.0 Å². The van der Waals surface area contributed by atoms with E-state index in [-0.39, 0.29) is 34.9 Å². The van der Waals surface area contributed by atoms with Gasteiger partial charge in [-0.15, -0.1) is 0 Å². The van der Waals surface area contributed by atoms with Crippen LogP contribution in [0.15, 0.2) is 24.4 Å². The molecule has 6 heteroatoms. The number of aliphatic hydroxyl groups is 1. The lowest BCUT2D eigenvalue weighted by Crippen LogP contribution is -2.58. The van der Waals surface area contributed by atoms with Crippen molar-refractivity contribution in [3.8, 4) is 0 Å². The summed E-state index contributed by atoms with van der Waals surface area (Å²) in [5.41, 5.74) is 0.393. The number of Topliss-reactive ketones (excluding diaryl/α,β-unsaturated/α-hetero) is 1. The monoisotopic (exact) mass is 496 g/mol. The second kappa shape index (κ2) is 8.62. The highest BCUT2D eigenvalue weighted by Gasteiger charge is 2.63. The standard InChI is InChI=1S/C30H41FN2O3/c1-28(35)12-13-30(18-36-3)20(15-28)4-6-22-23-7-8-25(29(23,2)11-10-24(22)30)27(34)17-33-16-19-14-21(31)5-9-26(19)32-33/h5,9,14,16,20,22-25,35H,4,6-8,10-13,15,17-18H2,1-3H3/t20-,22+,23+,24+,25-,28-,29+,30-/m1/s1. The van der Waals surface area contributed by atoms with Gasteiger partial charge in [0.25, 0.3) is 0 Å². The number of rotatable bonds is 5. The summed E-state index contributed by atoms with van der Waals surface area (Å²) in [6.07, 6.45) is 11.3. The van der Waals surface area contributed by atoms with Crippen molar-refractivity contribution in [3.63, 3.8) is 0 Å². The van der Waals surface area contributed by atoms with Crippen LogP contribution in [0, 0.1) is 46.2 Å². The smallest absolute Gasteiger partial charge is 0.157 e. The van der Waals surface area contributed by atoms with Crippen LogP contribution >= 0.6 is 0 Å². The fourth-order valence-electron chi connectivity index (χ4n) is 9.71. The molecule has 0 aliphatic heterocycles. The zero-order valence-electron chi connectivity index (χ0n) is 22.0. The topological polar surface area (TPSA) is 64.3 Å². The Labute approximate surface area is 213 Å². The minimum atomic E-state index is -0.550. The number of ether oxygens (including phenoxy) is 1. The fraction of sp³-hybridized carbons (Fsp3) is 0.733. The summed E-state index contributed by atoms with van der Waals surface area (Å²) in [5, 5.41) is 16.1. The molecule has 0 spiro atoms. The van der Waals surface area contributed by atoms with Crippen LogP contribution < -0.4 is 0 Å². The van der Waals surface area contributed by atoms with Crippen LogP contribution in [-0.2, 0) is 16.1 Å². The second-order valence-corrected chi connectivity index (χ2v) is 13.2. The third-order valence-electron chi connectivity index (χ3n) is 11.3. The van der Waals surface area contributed by atoms with Crippen molar-refractivity contribution in [2.24, 2.45) is 40.4 Å².